The van der Waals surface area contributed by atoms with Crippen LogP contribution in [0.15, 0.2) is 59.5 Å². The van der Waals surface area contributed by atoms with Gasteiger partial charge in [0.1, 0.15) is 5.82 Å². The van der Waals surface area contributed by atoms with Gasteiger partial charge in [0.15, 0.2) is 0 Å². The monoisotopic (exact) mass is 474 g/mol. The maximum absolute atomic E-state index is 13.6. The molecule has 1 heterocycles. The average molecular weight is 475 g/mol. The summed E-state index contributed by atoms with van der Waals surface area (Å²) in [5, 5.41) is 0. The van der Waals surface area contributed by atoms with Crippen LogP contribution in [0.1, 0.15) is 37.8 Å². The van der Waals surface area contributed by atoms with E-state index >= 15 is 0 Å². The number of ether oxygens (including phenoxy) is 1. The number of amides is 1. The number of nitrogens with zero attached hydrogens (tertiary/aromatic N) is 2. The van der Waals surface area contributed by atoms with E-state index in [0.717, 1.165) is 12.8 Å². The molecule has 2 aromatic carbocycles. The molecule has 0 saturated carbocycles. The summed E-state index contributed by atoms with van der Waals surface area (Å²) in [7, 11) is -3.52. The molecule has 1 unspecified atom stereocenters. The van der Waals surface area contributed by atoms with Crippen molar-refractivity contribution in [3.05, 3.63) is 71.6 Å². The molecule has 1 atom stereocenters. The topological polar surface area (TPSA) is 66.9 Å². The maximum atomic E-state index is 13.6. The lowest BCUT2D eigenvalue weighted by Gasteiger charge is -2.24. The number of benzene rings is 2. The largest absolute Gasteiger partial charge is 0.376 e. The van der Waals surface area contributed by atoms with Crippen LogP contribution >= 0.6 is 0 Å². The molecule has 1 aliphatic rings. The Bertz CT molecular complexity index is 1060. The zero-order chi connectivity index (χ0) is 23.8. The van der Waals surface area contributed by atoms with Gasteiger partial charge in [-0.3, -0.25) is 4.79 Å². The first-order valence-electron chi connectivity index (χ1n) is 11.3. The zero-order valence-electron chi connectivity index (χ0n) is 19.1. The van der Waals surface area contributed by atoms with Gasteiger partial charge in [0.25, 0.3) is 0 Å². The molecule has 0 N–H and O–H groups in total. The molecule has 178 valence electrons. The predicted molar refractivity (Wildman–Crippen MR) is 126 cm³/mol. The van der Waals surface area contributed by atoms with Crippen molar-refractivity contribution in [2.24, 2.45) is 0 Å². The number of rotatable bonds is 10. The van der Waals surface area contributed by atoms with Crippen LogP contribution < -0.4 is 0 Å². The highest BCUT2D eigenvalue weighted by Gasteiger charge is 2.23. The van der Waals surface area contributed by atoms with E-state index in [1.54, 1.807) is 61.2 Å². The van der Waals surface area contributed by atoms with Crippen LogP contribution in [0.2, 0.25) is 0 Å². The summed E-state index contributed by atoms with van der Waals surface area (Å²) in [6.45, 7) is 5.81. The number of carbonyl (C=O) groups is 1. The predicted octanol–water partition coefficient (Wildman–Crippen LogP) is 4.08. The van der Waals surface area contributed by atoms with E-state index < -0.39 is 10.0 Å². The van der Waals surface area contributed by atoms with E-state index in [-0.39, 0.29) is 29.3 Å². The Balaban J connectivity index is 1.73. The molecule has 1 saturated heterocycles. The summed E-state index contributed by atoms with van der Waals surface area (Å²) >= 11 is 0. The summed E-state index contributed by atoms with van der Waals surface area (Å²) in [5.41, 5.74) is 1.42. The molecule has 1 amide bonds. The van der Waals surface area contributed by atoms with Crippen LogP contribution in [0.3, 0.4) is 0 Å². The van der Waals surface area contributed by atoms with Crippen LogP contribution in [0, 0.1) is 5.82 Å². The smallest absolute Gasteiger partial charge is 0.246 e. The minimum atomic E-state index is -3.52. The van der Waals surface area contributed by atoms with Gasteiger partial charge in [0, 0.05) is 38.9 Å². The molecular formula is C25H31FN2O4S. The van der Waals surface area contributed by atoms with Crippen molar-refractivity contribution < 1.29 is 22.3 Å². The van der Waals surface area contributed by atoms with Crippen LogP contribution in [-0.2, 0) is 26.1 Å². The average Bonchev–Trinajstić information content (AvgIpc) is 3.31. The molecule has 1 fully saturated rings. The van der Waals surface area contributed by atoms with Gasteiger partial charge in [0.05, 0.1) is 11.0 Å². The first-order valence-corrected chi connectivity index (χ1v) is 12.7. The Morgan fingerprint density at radius 2 is 1.88 bits per heavy atom. The highest BCUT2D eigenvalue weighted by Crippen LogP contribution is 2.18. The second-order valence-corrected chi connectivity index (χ2v) is 9.91. The first kappa shape index (κ1) is 25.1. The number of carbonyl (C=O) groups excluding carboxylic acids is 1. The zero-order valence-corrected chi connectivity index (χ0v) is 19.9. The quantitative estimate of drug-likeness (QED) is 0.487. The van der Waals surface area contributed by atoms with Gasteiger partial charge in [-0.1, -0.05) is 38.1 Å². The fourth-order valence-electron chi connectivity index (χ4n) is 3.86. The van der Waals surface area contributed by atoms with Gasteiger partial charge < -0.3 is 9.64 Å². The Hall–Kier alpha value is -2.55. The van der Waals surface area contributed by atoms with E-state index in [1.165, 1.54) is 22.5 Å². The Labute approximate surface area is 195 Å². The summed E-state index contributed by atoms with van der Waals surface area (Å²) in [4.78, 5) is 14.9. The Kier molecular flexibility index (Phi) is 8.77. The van der Waals surface area contributed by atoms with E-state index in [0.29, 0.717) is 37.4 Å². The third kappa shape index (κ3) is 6.72. The van der Waals surface area contributed by atoms with Crippen LogP contribution in [-0.4, -0.2) is 55.9 Å². The highest BCUT2D eigenvalue weighted by atomic mass is 32.2. The van der Waals surface area contributed by atoms with E-state index in [9.17, 15) is 17.6 Å². The van der Waals surface area contributed by atoms with E-state index in [4.69, 9.17) is 4.74 Å². The third-order valence-electron chi connectivity index (χ3n) is 5.66. The van der Waals surface area contributed by atoms with Crippen LogP contribution in [0.25, 0.3) is 6.08 Å². The SMILES string of the molecule is CCN(CC)S(=O)(=O)c1ccc(/C=C/C(=O)N(Cc2cccc(F)c2)CC2CCCO2)cc1. The lowest BCUT2D eigenvalue weighted by molar-refractivity contribution is -0.128. The second-order valence-electron chi connectivity index (χ2n) is 7.98. The molecule has 0 aromatic heterocycles. The van der Waals surface area contributed by atoms with E-state index in [2.05, 4.69) is 0 Å². The summed E-state index contributed by atoms with van der Waals surface area (Å²) in [5.74, 6) is -0.554. The van der Waals surface area contributed by atoms with Gasteiger partial charge in [0.2, 0.25) is 15.9 Å². The standard InChI is InChI=1S/C25H31FN2O4S/c1-3-28(4-2)33(30,31)24-13-10-20(11-14-24)12-15-25(29)27(19-23-9-6-16-32-23)18-21-7-5-8-22(26)17-21/h5,7-8,10-15,17,23H,3-4,6,9,16,18-19H2,1-2H3/b15-12+. The highest BCUT2D eigenvalue weighted by molar-refractivity contribution is 7.89. The molecule has 0 bridgehead atoms. The van der Waals surface area contributed by atoms with Crippen molar-refractivity contribution in [1.82, 2.24) is 9.21 Å². The van der Waals surface area contributed by atoms with Gasteiger partial charge >= 0.3 is 0 Å². The maximum Gasteiger partial charge on any atom is 0.246 e. The minimum absolute atomic E-state index is 0.0273. The lowest BCUT2D eigenvalue weighted by atomic mass is 10.1. The minimum Gasteiger partial charge on any atom is -0.376 e. The molecule has 8 heteroatoms. The molecule has 3 rings (SSSR count). The Morgan fingerprint density at radius 3 is 2.48 bits per heavy atom. The molecule has 0 aliphatic carbocycles. The third-order valence-corrected chi connectivity index (χ3v) is 7.73. The summed E-state index contributed by atoms with van der Waals surface area (Å²) in [6.07, 6.45) is 4.94. The molecular weight excluding hydrogens is 443 g/mol. The molecule has 2 aromatic rings. The van der Waals surface area contributed by atoms with Gasteiger partial charge in [-0.05, 0) is 54.3 Å². The molecule has 0 radical (unpaired) electrons. The summed E-state index contributed by atoms with van der Waals surface area (Å²) < 4.78 is 46.0. The lowest BCUT2D eigenvalue weighted by Crippen LogP contribution is -2.35. The summed E-state index contributed by atoms with van der Waals surface area (Å²) in [6, 6.07) is 12.7. The van der Waals surface area contributed by atoms with Gasteiger partial charge in [-0.2, -0.15) is 4.31 Å². The van der Waals surface area contributed by atoms with Crippen molar-refractivity contribution in [3.63, 3.8) is 0 Å². The van der Waals surface area contributed by atoms with Gasteiger partial charge in [-0.15, -0.1) is 0 Å². The van der Waals surface area contributed by atoms with Crippen molar-refractivity contribution in [3.8, 4) is 0 Å². The number of halogens is 1. The number of hydrogen-bond donors (Lipinski definition) is 0. The normalized spacial score (nSPS) is 16.5. The van der Waals surface area contributed by atoms with Crippen molar-refractivity contribution in [1.29, 1.82) is 0 Å². The van der Waals surface area contributed by atoms with Crippen LogP contribution in [0.4, 0.5) is 4.39 Å². The Morgan fingerprint density at radius 1 is 1.15 bits per heavy atom. The van der Waals surface area contributed by atoms with Crippen molar-refractivity contribution in [2.45, 2.75) is 44.2 Å². The first-order chi connectivity index (χ1) is 15.8. The number of sulfonamides is 1. The molecule has 0 spiro atoms. The van der Waals surface area contributed by atoms with E-state index in [1.807, 2.05) is 0 Å². The number of hydrogen-bond acceptors (Lipinski definition) is 4. The second kappa shape index (κ2) is 11.5. The van der Waals surface area contributed by atoms with Crippen molar-refractivity contribution >= 4 is 22.0 Å². The van der Waals surface area contributed by atoms with Crippen molar-refractivity contribution in [2.75, 3.05) is 26.2 Å². The fourth-order valence-corrected chi connectivity index (χ4v) is 5.32. The molecule has 1 aliphatic heterocycles. The van der Waals surface area contributed by atoms with Gasteiger partial charge in [-0.25, -0.2) is 12.8 Å². The molecule has 6 nitrogen and oxygen atoms in total. The van der Waals surface area contributed by atoms with Crippen LogP contribution in [0.5, 0.6) is 0 Å². The fraction of sp³-hybridized carbons (Fsp3) is 0.400. The molecule has 33 heavy (non-hydrogen) atoms.